The average molecular weight is 294 g/mol. The van der Waals surface area contributed by atoms with E-state index in [1.807, 2.05) is 91.0 Å². The van der Waals surface area contributed by atoms with E-state index < -0.39 is 7.80 Å². The Bertz CT molecular complexity index is 628. The van der Waals surface area contributed by atoms with E-state index in [0.29, 0.717) is 0 Å². The average Bonchev–Trinajstić information content (AvgIpc) is 2.57. The Morgan fingerprint density at radius 3 is 1.19 bits per heavy atom. The van der Waals surface area contributed by atoms with Crippen molar-refractivity contribution in [2.75, 3.05) is 5.73 Å². The molecule has 0 spiro atoms. The molecular weight excluding hydrogens is 277 g/mol. The van der Waals surface area contributed by atoms with Gasteiger partial charge in [0.05, 0.1) is 0 Å². The van der Waals surface area contributed by atoms with Crippen LogP contribution in [0.4, 0.5) is 5.69 Å². The monoisotopic (exact) mass is 294 g/mol. The van der Waals surface area contributed by atoms with Crippen LogP contribution >= 0.6 is 7.80 Å². The number of anilines is 1. The quantitative estimate of drug-likeness (QED) is 0.578. The molecule has 0 heterocycles. The first-order valence-corrected chi connectivity index (χ1v) is 7.91. The molecule has 3 rings (SSSR count). The van der Waals surface area contributed by atoms with Gasteiger partial charge in [0.25, 0.3) is 0 Å². The summed E-state index contributed by atoms with van der Waals surface area (Å²) in [6.45, 7) is 0. The van der Waals surface area contributed by atoms with Crippen LogP contribution in [0.3, 0.4) is 0 Å². The molecule has 0 amide bonds. The topological polar surface area (TPSA) is 43.1 Å². The molecule has 0 aromatic heterocycles. The molecule has 2 N–H and O–H groups in total. The van der Waals surface area contributed by atoms with Crippen LogP contribution in [0, 0.1) is 0 Å². The number of nitrogen functional groups attached to an aromatic ring is 1. The Labute approximate surface area is 126 Å². The molecule has 2 nitrogen and oxygen atoms in total. The highest BCUT2D eigenvalue weighted by atomic mass is 31.1. The lowest BCUT2D eigenvalue weighted by molar-refractivity contribution is 0.598. The summed E-state index contributed by atoms with van der Waals surface area (Å²) >= 11 is 0. The third-order valence-electron chi connectivity index (χ3n) is 2.78. The van der Waals surface area contributed by atoms with Crippen LogP contribution in [0.2, 0.25) is 0 Å². The van der Waals surface area contributed by atoms with E-state index in [2.05, 4.69) is 0 Å². The fraction of sp³-hybridized carbons (Fsp3) is 0. The number of hydrogen-bond donors (Lipinski definition) is 1. The Balaban J connectivity index is 0.000000194. The predicted molar refractivity (Wildman–Crippen MR) is 90.6 cm³/mol. The van der Waals surface area contributed by atoms with Crippen molar-refractivity contribution in [3.8, 4) is 0 Å². The van der Waals surface area contributed by atoms with Gasteiger partial charge in [-0.3, -0.25) is 0 Å². The van der Waals surface area contributed by atoms with Crippen molar-refractivity contribution >= 4 is 24.1 Å². The summed E-state index contributed by atoms with van der Waals surface area (Å²) in [5, 5.41) is 1.77. The SMILES string of the molecule is Nc1ccccc1.O=[P+](c1ccccc1)c1ccccc1. The maximum absolute atomic E-state index is 12.0. The van der Waals surface area contributed by atoms with Crippen molar-refractivity contribution in [1.29, 1.82) is 0 Å². The molecule has 104 valence electrons. The summed E-state index contributed by atoms with van der Waals surface area (Å²) in [5.41, 5.74) is 6.18. The Morgan fingerprint density at radius 2 is 0.905 bits per heavy atom. The van der Waals surface area contributed by atoms with Crippen molar-refractivity contribution in [3.05, 3.63) is 91.0 Å². The molecule has 0 unspecified atom stereocenters. The Hall–Kier alpha value is -2.44. The van der Waals surface area contributed by atoms with Crippen molar-refractivity contribution < 1.29 is 4.57 Å². The van der Waals surface area contributed by atoms with Crippen LogP contribution in [0.5, 0.6) is 0 Å². The molecule has 0 aliphatic heterocycles. The second-order valence-corrected chi connectivity index (χ2v) is 6.00. The van der Waals surface area contributed by atoms with Crippen molar-refractivity contribution in [2.45, 2.75) is 0 Å². The van der Waals surface area contributed by atoms with E-state index in [0.717, 1.165) is 16.3 Å². The molecule has 0 atom stereocenters. The summed E-state index contributed by atoms with van der Waals surface area (Å²) in [6, 6.07) is 28.6. The molecule has 0 aliphatic carbocycles. The first-order valence-electron chi connectivity index (χ1n) is 6.65. The van der Waals surface area contributed by atoms with Gasteiger partial charge in [0.1, 0.15) is 0 Å². The molecule has 0 bridgehead atoms. The first kappa shape index (κ1) is 15.0. The molecule has 0 saturated carbocycles. The lowest BCUT2D eigenvalue weighted by Gasteiger charge is -1.87. The molecule has 0 saturated heterocycles. The van der Waals surface area contributed by atoms with Crippen LogP contribution in [-0.2, 0) is 4.57 Å². The van der Waals surface area contributed by atoms with Crippen LogP contribution in [0.1, 0.15) is 0 Å². The van der Waals surface area contributed by atoms with Gasteiger partial charge in [-0.2, -0.15) is 0 Å². The maximum Gasteiger partial charge on any atom is 0.415 e. The Morgan fingerprint density at radius 1 is 0.571 bits per heavy atom. The summed E-state index contributed by atoms with van der Waals surface area (Å²) in [5.74, 6) is 0. The van der Waals surface area contributed by atoms with E-state index in [9.17, 15) is 4.57 Å². The molecule has 21 heavy (non-hydrogen) atoms. The summed E-state index contributed by atoms with van der Waals surface area (Å²) in [6.07, 6.45) is 0. The van der Waals surface area contributed by atoms with Crippen molar-refractivity contribution in [3.63, 3.8) is 0 Å². The third-order valence-corrected chi connectivity index (χ3v) is 4.32. The predicted octanol–water partition coefficient (Wildman–Crippen LogP) is 3.73. The van der Waals surface area contributed by atoms with Crippen molar-refractivity contribution in [1.82, 2.24) is 0 Å². The van der Waals surface area contributed by atoms with Crippen LogP contribution in [0.25, 0.3) is 0 Å². The van der Waals surface area contributed by atoms with Crippen LogP contribution < -0.4 is 16.3 Å². The summed E-state index contributed by atoms with van der Waals surface area (Å²) in [4.78, 5) is 0. The Kier molecular flexibility index (Phi) is 5.69. The van der Waals surface area contributed by atoms with E-state index in [1.54, 1.807) is 0 Å². The van der Waals surface area contributed by atoms with Gasteiger partial charge in [-0.25, -0.2) is 0 Å². The minimum atomic E-state index is -1.42. The minimum absolute atomic E-state index is 0.822. The van der Waals surface area contributed by atoms with Crippen molar-refractivity contribution in [2.24, 2.45) is 0 Å². The normalized spacial score (nSPS) is 9.33. The minimum Gasteiger partial charge on any atom is -0.399 e. The highest BCUT2D eigenvalue weighted by molar-refractivity contribution is 7.61. The van der Waals surface area contributed by atoms with Gasteiger partial charge in [-0.05, 0) is 36.4 Å². The van der Waals surface area contributed by atoms with E-state index >= 15 is 0 Å². The second kappa shape index (κ2) is 7.98. The third kappa shape index (κ3) is 4.87. The number of rotatable bonds is 2. The summed E-state index contributed by atoms with van der Waals surface area (Å²) < 4.78 is 12.0. The molecule has 3 aromatic carbocycles. The molecule has 3 heteroatoms. The number of para-hydroxylation sites is 1. The zero-order valence-electron chi connectivity index (χ0n) is 11.6. The largest absolute Gasteiger partial charge is 0.415 e. The van der Waals surface area contributed by atoms with Crippen LogP contribution in [-0.4, -0.2) is 0 Å². The van der Waals surface area contributed by atoms with E-state index in [-0.39, 0.29) is 0 Å². The van der Waals surface area contributed by atoms with Crippen LogP contribution in [0.15, 0.2) is 91.0 Å². The van der Waals surface area contributed by atoms with Gasteiger partial charge in [-0.1, -0.05) is 59.2 Å². The fourth-order valence-electron chi connectivity index (χ4n) is 1.73. The molecular formula is C18H17NOP+. The first-order chi connectivity index (χ1) is 10.3. The molecule has 0 fully saturated rings. The number of benzene rings is 3. The van der Waals surface area contributed by atoms with E-state index in [1.165, 1.54) is 0 Å². The highest BCUT2D eigenvalue weighted by Gasteiger charge is 2.21. The summed E-state index contributed by atoms with van der Waals surface area (Å²) in [7, 11) is -1.42. The zero-order chi connectivity index (χ0) is 14.9. The maximum atomic E-state index is 12.0. The standard InChI is InChI=1S/C12H10OP.C6H7N/c13-14(11-7-3-1-4-8-11)12-9-5-2-6-10-12;7-6-4-2-1-3-5-6/h1-10H;1-5H,7H2/q+1;. The lowest BCUT2D eigenvalue weighted by Crippen LogP contribution is -2.04. The van der Waals surface area contributed by atoms with Gasteiger partial charge in [0.2, 0.25) is 0 Å². The molecule has 0 radical (unpaired) electrons. The number of hydrogen-bond acceptors (Lipinski definition) is 2. The van der Waals surface area contributed by atoms with Gasteiger partial charge in [0.15, 0.2) is 10.6 Å². The van der Waals surface area contributed by atoms with Gasteiger partial charge in [-0.15, -0.1) is 0 Å². The highest BCUT2D eigenvalue weighted by Crippen LogP contribution is 2.18. The second-order valence-electron chi connectivity index (χ2n) is 4.38. The lowest BCUT2D eigenvalue weighted by atomic mass is 10.3. The zero-order valence-corrected chi connectivity index (χ0v) is 12.5. The number of nitrogens with two attached hydrogens (primary N) is 1. The van der Waals surface area contributed by atoms with Gasteiger partial charge in [0, 0.05) is 5.69 Å². The van der Waals surface area contributed by atoms with Gasteiger partial charge < -0.3 is 5.73 Å². The molecule has 0 aliphatic rings. The molecule has 3 aromatic rings. The fourth-order valence-corrected chi connectivity index (χ4v) is 2.91. The van der Waals surface area contributed by atoms with E-state index in [4.69, 9.17) is 5.73 Å². The van der Waals surface area contributed by atoms with Gasteiger partial charge >= 0.3 is 7.80 Å². The smallest absolute Gasteiger partial charge is 0.399 e.